The lowest BCUT2D eigenvalue weighted by atomic mass is 10.1. The monoisotopic (exact) mass is 366 g/mol. The Morgan fingerprint density at radius 3 is 2.23 bits per heavy atom. The third kappa shape index (κ3) is 4.29. The number of hydrogen-bond acceptors (Lipinski definition) is 4. The topological polar surface area (TPSA) is 102 Å². The number of carbonyl (C=O) groups excluding carboxylic acids is 1. The Bertz CT molecular complexity index is 651. The van der Waals surface area contributed by atoms with Crippen LogP contribution in [0.1, 0.15) is 5.56 Å². The second-order valence-corrected chi connectivity index (χ2v) is 5.54. The van der Waals surface area contributed by atoms with Gasteiger partial charge >= 0.3 is 6.03 Å². The summed E-state index contributed by atoms with van der Waals surface area (Å²) in [6.45, 7) is 0.434. The summed E-state index contributed by atoms with van der Waals surface area (Å²) in [6, 6.07) is 9.59. The molecule has 116 valence electrons. The van der Waals surface area contributed by atoms with Crippen LogP contribution in [-0.2, 0) is 6.42 Å². The normalized spacial score (nSPS) is 10.2. The fourth-order valence-electron chi connectivity index (χ4n) is 1.82. The van der Waals surface area contributed by atoms with Gasteiger partial charge in [-0.1, -0.05) is 28.1 Å². The van der Waals surface area contributed by atoms with Gasteiger partial charge in [-0.3, -0.25) is 0 Å². The van der Waals surface area contributed by atoms with Gasteiger partial charge in [-0.2, -0.15) is 0 Å². The highest BCUT2D eigenvalue weighted by Gasteiger charge is 2.09. The number of aromatic hydroxyl groups is 3. The van der Waals surface area contributed by atoms with Gasteiger partial charge in [0.25, 0.3) is 0 Å². The van der Waals surface area contributed by atoms with Gasteiger partial charge in [-0.05, 0) is 24.1 Å². The predicted molar refractivity (Wildman–Crippen MR) is 86.3 cm³/mol. The first-order valence-corrected chi connectivity index (χ1v) is 7.29. The Morgan fingerprint density at radius 2 is 1.64 bits per heavy atom. The van der Waals surface area contributed by atoms with E-state index in [-0.39, 0.29) is 5.69 Å². The fraction of sp³-hybridized carbons (Fsp3) is 0.133. The van der Waals surface area contributed by atoms with Crippen LogP contribution in [0.25, 0.3) is 0 Å². The number of amides is 2. The van der Waals surface area contributed by atoms with Crippen molar-refractivity contribution in [3.05, 3.63) is 46.4 Å². The number of rotatable bonds is 4. The zero-order valence-electron chi connectivity index (χ0n) is 11.5. The molecular formula is C15H15BrN2O4. The van der Waals surface area contributed by atoms with Crippen LogP contribution in [0.15, 0.2) is 40.9 Å². The predicted octanol–water partition coefficient (Wildman–Crippen LogP) is 2.93. The SMILES string of the molecule is O=C(NCCc1ccc(Br)cc1)Nc1cc(O)c(O)c(O)c1. The molecule has 0 aliphatic heterocycles. The quantitative estimate of drug-likeness (QED) is 0.424. The molecular weight excluding hydrogens is 352 g/mol. The first-order valence-electron chi connectivity index (χ1n) is 6.50. The molecule has 2 aromatic rings. The molecule has 0 aromatic heterocycles. The lowest BCUT2D eigenvalue weighted by Gasteiger charge is -2.09. The van der Waals surface area contributed by atoms with Gasteiger partial charge in [0.05, 0.1) is 5.69 Å². The van der Waals surface area contributed by atoms with Crippen molar-refractivity contribution in [3.63, 3.8) is 0 Å². The maximum absolute atomic E-state index is 11.7. The number of phenolic OH excluding ortho intramolecular Hbond substituents is 3. The van der Waals surface area contributed by atoms with Crippen molar-refractivity contribution < 1.29 is 20.1 Å². The molecule has 2 rings (SSSR count). The molecule has 0 fully saturated rings. The van der Waals surface area contributed by atoms with Crippen LogP contribution < -0.4 is 10.6 Å². The van der Waals surface area contributed by atoms with E-state index >= 15 is 0 Å². The van der Waals surface area contributed by atoms with Crippen LogP contribution in [0.5, 0.6) is 17.2 Å². The lowest BCUT2D eigenvalue weighted by Crippen LogP contribution is -2.30. The van der Waals surface area contributed by atoms with Gasteiger partial charge in [0.1, 0.15) is 0 Å². The number of hydrogen-bond donors (Lipinski definition) is 5. The number of urea groups is 1. The van der Waals surface area contributed by atoms with Gasteiger partial charge in [0, 0.05) is 23.2 Å². The maximum atomic E-state index is 11.7. The number of carbonyl (C=O) groups is 1. The Hall–Kier alpha value is -2.41. The summed E-state index contributed by atoms with van der Waals surface area (Å²) in [5, 5.41) is 33.0. The van der Waals surface area contributed by atoms with E-state index in [1.165, 1.54) is 0 Å². The molecule has 0 aliphatic rings. The highest BCUT2D eigenvalue weighted by molar-refractivity contribution is 9.10. The van der Waals surface area contributed by atoms with Crippen molar-refractivity contribution in [1.29, 1.82) is 0 Å². The van der Waals surface area contributed by atoms with Crippen molar-refractivity contribution >= 4 is 27.6 Å². The zero-order chi connectivity index (χ0) is 16.1. The van der Waals surface area contributed by atoms with E-state index in [2.05, 4.69) is 26.6 Å². The smallest absolute Gasteiger partial charge is 0.319 e. The van der Waals surface area contributed by atoms with Gasteiger partial charge in [0.15, 0.2) is 17.2 Å². The van der Waals surface area contributed by atoms with E-state index in [0.717, 1.165) is 22.2 Å². The molecule has 2 amide bonds. The molecule has 0 saturated heterocycles. The average Bonchev–Trinajstić information content (AvgIpc) is 2.47. The van der Waals surface area contributed by atoms with E-state index in [0.29, 0.717) is 13.0 Å². The van der Waals surface area contributed by atoms with E-state index < -0.39 is 23.3 Å². The second-order valence-electron chi connectivity index (χ2n) is 4.62. The molecule has 2 aromatic carbocycles. The highest BCUT2D eigenvalue weighted by atomic mass is 79.9. The lowest BCUT2D eigenvalue weighted by molar-refractivity contribution is 0.252. The third-order valence-electron chi connectivity index (χ3n) is 2.94. The first kappa shape index (κ1) is 16.0. The van der Waals surface area contributed by atoms with Crippen LogP contribution in [0.3, 0.4) is 0 Å². The molecule has 0 aliphatic carbocycles. The van der Waals surface area contributed by atoms with Gasteiger partial charge < -0.3 is 26.0 Å². The molecule has 7 heteroatoms. The fourth-order valence-corrected chi connectivity index (χ4v) is 2.09. The summed E-state index contributed by atoms with van der Waals surface area (Å²) in [6.07, 6.45) is 0.673. The molecule has 6 nitrogen and oxygen atoms in total. The highest BCUT2D eigenvalue weighted by Crippen LogP contribution is 2.37. The standard InChI is InChI=1S/C15H15BrN2O4/c16-10-3-1-9(2-4-10)5-6-17-15(22)18-11-7-12(19)14(21)13(20)8-11/h1-4,7-8,19-21H,5-6H2,(H2,17,18,22). The molecule has 0 saturated carbocycles. The molecule has 5 N–H and O–H groups in total. The Morgan fingerprint density at radius 1 is 1.05 bits per heavy atom. The molecule has 0 radical (unpaired) electrons. The average molecular weight is 367 g/mol. The van der Waals surface area contributed by atoms with Crippen LogP contribution >= 0.6 is 15.9 Å². The largest absolute Gasteiger partial charge is 0.504 e. The molecule has 0 atom stereocenters. The molecule has 0 bridgehead atoms. The Balaban J connectivity index is 1.84. The minimum absolute atomic E-state index is 0.175. The summed E-state index contributed by atoms with van der Waals surface area (Å²) < 4.78 is 0.994. The molecule has 22 heavy (non-hydrogen) atoms. The minimum atomic E-state index is -0.624. The number of benzene rings is 2. The van der Waals surface area contributed by atoms with Crippen LogP contribution in [0.2, 0.25) is 0 Å². The number of nitrogens with one attached hydrogen (secondary N) is 2. The third-order valence-corrected chi connectivity index (χ3v) is 3.47. The van der Waals surface area contributed by atoms with Crippen molar-refractivity contribution in [2.45, 2.75) is 6.42 Å². The Labute approximate surface area is 135 Å². The molecule has 0 unspecified atom stereocenters. The number of phenols is 3. The Kier molecular flexibility index (Phi) is 5.11. The zero-order valence-corrected chi connectivity index (χ0v) is 13.1. The van der Waals surface area contributed by atoms with Crippen LogP contribution in [0.4, 0.5) is 10.5 Å². The van der Waals surface area contributed by atoms with Gasteiger partial charge in [-0.25, -0.2) is 4.79 Å². The van der Waals surface area contributed by atoms with E-state index in [1.54, 1.807) is 0 Å². The first-order chi connectivity index (χ1) is 10.5. The van der Waals surface area contributed by atoms with Crippen molar-refractivity contribution in [2.75, 3.05) is 11.9 Å². The summed E-state index contributed by atoms with van der Waals surface area (Å²) in [5.41, 5.74) is 1.26. The van der Waals surface area contributed by atoms with Crippen LogP contribution in [0, 0.1) is 0 Å². The summed E-state index contributed by atoms with van der Waals surface area (Å²) >= 11 is 3.35. The van der Waals surface area contributed by atoms with Crippen molar-refractivity contribution in [1.82, 2.24) is 5.32 Å². The number of anilines is 1. The summed E-state index contributed by atoms with van der Waals surface area (Å²) in [5.74, 6) is -1.64. The summed E-state index contributed by atoms with van der Waals surface area (Å²) in [7, 11) is 0. The molecule has 0 heterocycles. The van der Waals surface area contributed by atoms with Crippen molar-refractivity contribution in [2.24, 2.45) is 0 Å². The van der Waals surface area contributed by atoms with Crippen molar-refractivity contribution in [3.8, 4) is 17.2 Å². The minimum Gasteiger partial charge on any atom is -0.504 e. The van der Waals surface area contributed by atoms with Crippen LogP contribution in [-0.4, -0.2) is 27.9 Å². The summed E-state index contributed by atoms with van der Waals surface area (Å²) in [4.78, 5) is 11.7. The van der Waals surface area contributed by atoms with E-state index in [4.69, 9.17) is 0 Å². The van der Waals surface area contributed by atoms with E-state index in [9.17, 15) is 20.1 Å². The van der Waals surface area contributed by atoms with Gasteiger partial charge in [-0.15, -0.1) is 0 Å². The van der Waals surface area contributed by atoms with E-state index in [1.807, 2.05) is 24.3 Å². The maximum Gasteiger partial charge on any atom is 0.319 e. The molecule has 0 spiro atoms. The number of halogens is 1. The van der Waals surface area contributed by atoms with Gasteiger partial charge in [0.2, 0.25) is 0 Å². The second kappa shape index (κ2) is 7.04.